The number of hydrogen-bond acceptors (Lipinski definition) is 6. The van der Waals surface area contributed by atoms with Crippen LogP contribution in [0, 0.1) is 5.92 Å². The van der Waals surface area contributed by atoms with Gasteiger partial charge in [0.25, 0.3) is 5.91 Å². The predicted molar refractivity (Wildman–Crippen MR) is 145 cm³/mol. The summed E-state index contributed by atoms with van der Waals surface area (Å²) in [5.74, 6) is 0.586. The van der Waals surface area contributed by atoms with E-state index in [0.717, 1.165) is 24.2 Å². The molecule has 5 rings (SSSR count). The largest absolute Gasteiger partial charge is 0.348 e. The van der Waals surface area contributed by atoms with Gasteiger partial charge in [0.15, 0.2) is 0 Å². The van der Waals surface area contributed by atoms with Crippen LogP contribution in [0.5, 0.6) is 0 Å². The highest BCUT2D eigenvalue weighted by molar-refractivity contribution is 6.30. The maximum atomic E-state index is 13.1. The van der Waals surface area contributed by atoms with Crippen molar-refractivity contribution >= 4 is 29.1 Å². The molecule has 0 radical (unpaired) electrons. The molecule has 9 heteroatoms. The maximum absolute atomic E-state index is 13.1. The Morgan fingerprint density at radius 1 is 0.974 bits per heavy atom. The van der Waals surface area contributed by atoms with E-state index in [1.807, 2.05) is 48.5 Å². The number of hydrogen-bond donors (Lipinski definition) is 2. The minimum atomic E-state index is -0.226. The predicted octanol–water partition coefficient (Wildman–Crippen LogP) is 5.17. The summed E-state index contributed by atoms with van der Waals surface area (Å²) in [5.41, 5.74) is 2.78. The van der Waals surface area contributed by atoms with Crippen molar-refractivity contribution in [1.29, 1.82) is 0 Å². The summed E-state index contributed by atoms with van der Waals surface area (Å²) in [5, 5.41) is 10.6. The first kappa shape index (κ1) is 25.6. The molecule has 0 unspecified atom stereocenters. The zero-order valence-electron chi connectivity index (χ0n) is 20.8. The zero-order chi connectivity index (χ0) is 26.3. The van der Waals surface area contributed by atoms with Crippen molar-refractivity contribution in [3.8, 4) is 11.4 Å². The number of aromatic nitrogens is 2. The molecule has 0 atom stereocenters. The number of nitrogens with zero attached hydrogens (tertiary/aromatic N) is 3. The van der Waals surface area contributed by atoms with Crippen LogP contribution in [0.1, 0.15) is 34.7 Å². The standard InChI is InChI=1S/C29H28ClN5O3/c30-23-10-6-9-22(17-23)27-33-26(38-34-27)19-35-15-13-21(14-16-35)28(36)32-25-12-5-4-11-24(25)29(37)31-18-20-7-2-1-3-8-20/h1-12,17,21H,13-16,18-19H2,(H,31,37)(H,32,36). The monoisotopic (exact) mass is 529 g/mol. The van der Waals surface area contributed by atoms with Crippen molar-refractivity contribution in [1.82, 2.24) is 20.4 Å². The summed E-state index contributed by atoms with van der Waals surface area (Å²) in [6.45, 7) is 2.39. The summed E-state index contributed by atoms with van der Waals surface area (Å²) in [4.78, 5) is 32.6. The van der Waals surface area contributed by atoms with E-state index < -0.39 is 0 Å². The van der Waals surface area contributed by atoms with E-state index in [0.29, 0.717) is 53.9 Å². The van der Waals surface area contributed by atoms with Gasteiger partial charge in [-0.05, 0) is 55.8 Å². The molecule has 0 spiro atoms. The first-order chi connectivity index (χ1) is 18.5. The fraction of sp³-hybridized carbons (Fsp3) is 0.241. The van der Waals surface area contributed by atoms with Gasteiger partial charge in [-0.3, -0.25) is 14.5 Å². The van der Waals surface area contributed by atoms with Crippen molar-refractivity contribution in [3.05, 3.63) is 101 Å². The number of anilines is 1. The molecule has 2 amide bonds. The highest BCUT2D eigenvalue weighted by Gasteiger charge is 2.27. The number of carbonyl (C=O) groups excluding carboxylic acids is 2. The molecule has 38 heavy (non-hydrogen) atoms. The van der Waals surface area contributed by atoms with Gasteiger partial charge in [-0.15, -0.1) is 0 Å². The highest BCUT2D eigenvalue weighted by atomic mass is 35.5. The second-order valence-electron chi connectivity index (χ2n) is 9.28. The van der Waals surface area contributed by atoms with Crippen LogP contribution < -0.4 is 10.6 Å². The molecule has 1 saturated heterocycles. The molecule has 2 heterocycles. The van der Waals surface area contributed by atoms with Crippen LogP contribution in [-0.2, 0) is 17.9 Å². The fourth-order valence-electron chi connectivity index (χ4n) is 4.51. The third-order valence-electron chi connectivity index (χ3n) is 6.59. The average Bonchev–Trinajstić information content (AvgIpc) is 3.41. The summed E-state index contributed by atoms with van der Waals surface area (Å²) in [6.07, 6.45) is 1.40. The molecule has 4 aromatic rings. The number of benzene rings is 3. The molecule has 3 aromatic carbocycles. The molecular weight excluding hydrogens is 502 g/mol. The van der Waals surface area contributed by atoms with Crippen molar-refractivity contribution in [3.63, 3.8) is 0 Å². The molecule has 1 fully saturated rings. The van der Waals surface area contributed by atoms with Crippen molar-refractivity contribution < 1.29 is 14.1 Å². The molecule has 0 saturated carbocycles. The highest BCUT2D eigenvalue weighted by Crippen LogP contribution is 2.24. The van der Waals surface area contributed by atoms with Crippen LogP contribution in [0.25, 0.3) is 11.4 Å². The van der Waals surface area contributed by atoms with Crippen LogP contribution in [-0.4, -0.2) is 39.9 Å². The molecule has 194 valence electrons. The Hall–Kier alpha value is -4.01. The van der Waals surface area contributed by atoms with Gasteiger partial charge in [-0.1, -0.05) is 71.4 Å². The summed E-state index contributed by atoms with van der Waals surface area (Å²) >= 11 is 6.06. The fourth-order valence-corrected chi connectivity index (χ4v) is 4.70. The summed E-state index contributed by atoms with van der Waals surface area (Å²) in [7, 11) is 0. The van der Waals surface area contributed by atoms with E-state index in [1.54, 1.807) is 30.3 Å². The molecule has 1 aliphatic heterocycles. The van der Waals surface area contributed by atoms with E-state index in [2.05, 4.69) is 25.7 Å². The second-order valence-corrected chi connectivity index (χ2v) is 9.71. The van der Waals surface area contributed by atoms with Crippen molar-refractivity contribution in [2.24, 2.45) is 5.92 Å². The normalized spacial score (nSPS) is 14.2. The van der Waals surface area contributed by atoms with Gasteiger partial charge in [-0.2, -0.15) is 4.98 Å². The minimum absolute atomic E-state index is 0.0750. The zero-order valence-corrected chi connectivity index (χ0v) is 21.5. The maximum Gasteiger partial charge on any atom is 0.253 e. The van der Waals surface area contributed by atoms with Crippen LogP contribution in [0.4, 0.5) is 5.69 Å². The van der Waals surface area contributed by atoms with E-state index >= 15 is 0 Å². The van der Waals surface area contributed by atoms with Gasteiger partial charge in [0.2, 0.25) is 17.6 Å². The third kappa shape index (κ3) is 6.45. The summed E-state index contributed by atoms with van der Waals surface area (Å²) < 4.78 is 5.44. The van der Waals surface area contributed by atoms with Gasteiger partial charge in [0, 0.05) is 23.0 Å². The third-order valence-corrected chi connectivity index (χ3v) is 6.83. The number of piperidine rings is 1. The van der Waals surface area contributed by atoms with Gasteiger partial charge < -0.3 is 15.2 Å². The van der Waals surface area contributed by atoms with Gasteiger partial charge in [-0.25, -0.2) is 0 Å². The van der Waals surface area contributed by atoms with E-state index in [1.165, 1.54) is 0 Å². The number of halogens is 1. The number of rotatable bonds is 8. The minimum Gasteiger partial charge on any atom is -0.348 e. The SMILES string of the molecule is O=C(NCc1ccccc1)c1ccccc1NC(=O)C1CCN(Cc2nc(-c3cccc(Cl)c3)no2)CC1. The lowest BCUT2D eigenvalue weighted by atomic mass is 9.95. The number of likely N-dealkylation sites (tertiary alicyclic amines) is 1. The number of amides is 2. The lowest BCUT2D eigenvalue weighted by molar-refractivity contribution is -0.121. The van der Waals surface area contributed by atoms with E-state index in [4.69, 9.17) is 16.1 Å². The van der Waals surface area contributed by atoms with Gasteiger partial charge in [0.05, 0.1) is 17.8 Å². The van der Waals surface area contributed by atoms with E-state index in [-0.39, 0.29) is 17.7 Å². The summed E-state index contributed by atoms with van der Waals surface area (Å²) in [6, 6.07) is 24.1. The van der Waals surface area contributed by atoms with Crippen LogP contribution in [0.2, 0.25) is 5.02 Å². The molecular formula is C29H28ClN5O3. The first-order valence-corrected chi connectivity index (χ1v) is 13.0. The Kier molecular flexibility index (Phi) is 8.11. The Morgan fingerprint density at radius 2 is 1.74 bits per heavy atom. The smallest absolute Gasteiger partial charge is 0.253 e. The Balaban J connectivity index is 1.13. The quantitative estimate of drug-likeness (QED) is 0.326. The Bertz CT molecular complexity index is 1400. The van der Waals surface area contributed by atoms with Crippen LogP contribution >= 0.6 is 11.6 Å². The number of para-hydroxylation sites is 1. The average molecular weight is 530 g/mol. The molecule has 0 aliphatic carbocycles. The number of nitrogens with one attached hydrogen (secondary N) is 2. The van der Waals surface area contributed by atoms with Crippen LogP contribution in [0.3, 0.4) is 0 Å². The van der Waals surface area contributed by atoms with Gasteiger partial charge in [0.1, 0.15) is 0 Å². The molecule has 1 aromatic heterocycles. The topological polar surface area (TPSA) is 100 Å². The van der Waals surface area contributed by atoms with Crippen LogP contribution in [0.15, 0.2) is 83.4 Å². The van der Waals surface area contributed by atoms with Crippen molar-refractivity contribution in [2.45, 2.75) is 25.9 Å². The van der Waals surface area contributed by atoms with Crippen molar-refractivity contribution in [2.75, 3.05) is 18.4 Å². The Labute approximate surface area is 226 Å². The Morgan fingerprint density at radius 3 is 2.53 bits per heavy atom. The molecule has 0 bridgehead atoms. The molecule has 8 nitrogen and oxygen atoms in total. The van der Waals surface area contributed by atoms with E-state index in [9.17, 15) is 9.59 Å². The first-order valence-electron chi connectivity index (χ1n) is 12.6. The lowest BCUT2D eigenvalue weighted by Crippen LogP contribution is -2.38. The lowest BCUT2D eigenvalue weighted by Gasteiger charge is -2.30. The second kappa shape index (κ2) is 12.0. The molecule has 1 aliphatic rings. The number of carbonyl (C=O) groups is 2. The molecule has 2 N–H and O–H groups in total. The van der Waals surface area contributed by atoms with Gasteiger partial charge >= 0.3 is 0 Å².